The van der Waals surface area contributed by atoms with Crippen LogP contribution in [0, 0.1) is 0 Å². The minimum Gasteiger partial charge on any atom is -0.395 e. The number of hydrogen-bond acceptors (Lipinski definition) is 6. The van der Waals surface area contributed by atoms with Crippen molar-refractivity contribution in [2.24, 2.45) is 0 Å². The third-order valence-corrected chi connectivity index (χ3v) is 8.36. The second-order valence-electron chi connectivity index (χ2n) is 9.15. The number of alkyl halides is 3. The first-order valence-electron chi connectivity index (χ1n) is 12.5. The number of pyridine rings is 1. The number of nitrogens with one attached hydrogen (secondary N) is 1. The lowest BCUT2D eigenvalue weighted by molar-refractivity contribution is -0.141. The van der Waals surface area contributed by atoms with Crippen LogP contribution in [0.25, 0.3) is 10.9 Å². The molecule has 4 rings (SSSR count). The van der Waals surface area contributed by atoms with Gasteiger partial charge in [0.1, 0.15) is 5.69 Å². The Morgan fingerprint density at radius 2 is 1.80 bits per heavy atom. The van der Waals surface area contributed by atoms with Gasteiger partial charge in [0.15, 0.2) is 9.84 Å². The molecule has 2 heterocycles. The van der Waals surface area contributed by atoms with Crippen LogP contribution in [0.3, 0.4) is 0 Å². The van der Waals surface area contributed by atoms with Crippen molar-refractivity contribution in [3.63, 3.8) is 0 Å². The van der Waals surface area contributed by atoms with Crippen molar-refractivity contribution in [1.82, 2.24) is 14.9 Å². The minimum atomic E-state index is -4.62. The predicted octanol–water partition coefficient (Wildman–Crippen LogP) is 3.90. The number of benzene rings is 2. The summed E-state index contributed by atoms with van der Waals surface area (Å²) in [5.74, 6) is -0.558. The van der Waals surface area contributed by atoms with Crippen LogP contribution in [-0.2, 0) is 29.0 Å². The average Bonchev–Trinajstić information content (AvgIpc) is 3.27. The molecule has 0 fully saturated rings. The third kappa shape index (κ3) is 6.19. The highest BCUT2D eigenvalue weighted by Crippen LogP contribution is 2.32. The molecule has 0 saturated carbocycles. The maximum Gasteiger partial charge on any atom is 0.433 e. The van der Waals surface area contributed by atoms with Gasteiger partial charge in [0.2, 0.25) is 0 Å². The second-order valence-corrected chi connectivity index (χ2v) is 11.4. The number of nitrogens with zero attached hydrogens (tertiary/aromatic N) is 2. The van der Waals surface area contributed by atoms with E-state index in [1.165, 1.54) is 43.3 Å². The van der Waals surface area contributed by atoms with Crippen LogP contribution >= 0.6 is 0 Å². The maximum absolute atomic E-state index is 13.5. The lowest BCUT2D eigenvalue weighted by atomic mass is 10.1. The van der Waals surface area contributed by atoms with Crippen molar-refractivity contribution < 1.29 is 36.6 Å². The Morgan fingerprint density at radius 1 is 1.07 bits per heavy atom. The molecule has 1 atom stereocenters. The summed E-state index contributed by atoms with van der Waals surface area (Å²) in [7, 11) is -3.40. The highest BCUT2D eigenvalue weighted by molar-refractivity contribution is 7.91. The van der Waals surface area contributed by atoms with Crippen molar-refractivity contribution in [3.05, 3.63) is 94.9 Å². The number of carbonyl (C=O) groups excluding carboxylic acids is 1. The maximum atomic E-state index is 13.5. The molecule has 0 radical (unpaired) electrons. The van der Waals surface area contributed by atoms with E-state index in [2.05, 4.69) is 10.3 Å². The Morgan fingerprint density at radius 3 is 2.42 bits per heavy atom. The number of halogens is 3. The zero-order valence-electron chi connectivity index (χ0n) is 21.5. The molecule has 0 spiro atoms. The molecule has 0 saturated heterocycles. The van der Waals surface area contributed by atoms with Gasteiger partial charge in [-0.2, -0.15) is 13.2 Å². The monoisotopic (exact) mass is 575 g/mol. The molecule has 0 aliphatic carbocycles. The molecular formula is C28H28F3N3O5S. The van der Waals surface area contributed by atoms with Gasteiger partial charge in [0.05, 0.1) is 29.9 Å². The van der Waals surface area contributed by atoms with Crippen LogP contribution in [0.4, 0.5) is 13.2 Å². The first kappa shape index (κ1) is 29.2. The summed E-state index contributed by atoms with van der Waals surface area (Å²) in [6.45, 7) is 1.00. The summed E-state index contributed by atoms with van der Waals surface area (Å²) in [5, 5.41) is 22.8. The summed E-state index contributed by atoms with van der Waals surface area (Å²) < 4.78 is 66.3. The fraction of sp³-hybridized carbons (Fsp3) is 0.286. The lowest BCUT2D eigenvalue weighted by Crippen LogP contribution is -2.30. The second kappa shape index (κ2) is 11.8. The fourth-order valence-corrected chi connectivity index (χ4v) is 5.45. The van der Waals surface area contributed by atoms with Gasteiger partial charge in [0.25, 0.3) is 5.91 Å². The van der Waals surface area contributed by atoms with Gasteiger partial charge in [-0.15, -0.1) is 0 Å². The van der Waals surface area contributed by atoms with E-state index in [1.54, 1.807) is 28.8 Å². The van der Waals surface area contributed by atoms with Crippen LogP contribution in [0.15, 0.2) is 71.8 Å². The number of amides is 1. The molecule has 0 unspecified atom stereocenters. The van der Waals surface area contributed by atoms with E-state index in [1.807, 2.05) is 0 Å². The van der Waals surface area contributed by atoms with Crippen molar-refractivity contribution in [2.45, 2.75) is 37.0 Å². The van der Waals surface area contributed by atoms with Crippen LogP contribution in [0.1, 0.15) is 45.8 Å². The van der Waals surface area contributed by atoms with E-state index in [-0.39, 0.29) is 41.3 Å². The predicted molar refractivity (Wildman–Crippen MR) is 143 cm³/mol. The summed E-state index contributed by atoms with van der Waals surface area (Å²) in [6, 6.07) is 14.3. The van der Waals surface area contributed by atoms with Gasteiger partial charge >= 0.3 is 6.18 Å². The van der Waals surface area contributed by atoms with Gasteiger partial charge < -0.3 is 20.1 Å². The topological polar surface area (TPSA) is 122 Å². The number of sulfone groups is 1. The standard InChI is InChI=1S/C28H28F3N3O5S/c1-2-40(38,39)23-8-5-18(6-9-23)24(17-36)33-27(37)20-7-10-25-21(14-20)16-22(34(25)12-13-35)15-19-4-3-11-32-26(19)28(29,30)31/h3-11,14,16,24,35-36H,2,12-13,15,17H2,1H3,(H,33,37)/t24-/m0/s1. The summed E-state index contributed by atoms with van der Waals surface area (Å²) in [4.78, 5) is 16.7. The van der Waals surface area contributed by atoms with Crippen molar-refractivity contribution >= 4 is 26.6 Å². The first-order chi connectivity index (χ1) is 19.0. The lowest BCUT2D eigenvalue weighted by Gasteiger charge is -2.17. The SMILES string of the molecule is CCS(=O)(=O)c1ccc([C@H](CO)NC(=O)c2ccc3c(c2)cc(Cc2cccnc2C(F)(F)F)n3CCO)cc1. The number of aromatic nitrogens is 2. The van der Waals surface area contributed by atoms with E-state index in [4.69, 9.17) is 0 Å². The fourth-order valence-electron chi connectivity index (χ4n) is 4.56. The number of aliphatic hydroxyl groups excluding tert-OH is 2. The molecule has 0 aliphatic heterocycles. The first-order valence-corrected chi connectivity index (χ1v) is 14.1. The van der Waals surface area contributed by atoms with Gasteiger partial charge in [-0.3, -0.25) is 9.78 Å². The van der Waals surface area contributed by atoms with Crippen LogP contribution in [-0.4, -0.2) is 53.1 Å². The molecular weight excluding hydrogens is 547 g/mol. The Bertz CT molecular complexity index is 1620. The Balaban J connectivity index is 1.61. The normalized spacial score (nSPS) is 12.9. The van der Waals surface area contributed by atoms with Crippen molar-refractivity contribution in [3.8, 4) is 0 Å². The number of hydrogen-bond donors (Lipinski definition) is 3. The zero-order chi connectivity index (χ0) is 29.1. The minimum absolute atomic E-state index is 0.0153. The van der Waals surface area contributed by atoms with Crippen molar-refractivity contribution in [2.75, 3.05) is 19.0 Å². The third-order valence-electron chi connectivity index (χ3n) is 6.61. The number of fused-ring (bicyclic) bond motifs is 1. The molecule has 8 nitrogen and oxygen atoms in total. The molecule has 12 heteroatoms. The smallest absolute Gasteiger partial charge is 0.395 e. The average molecular weight is 576 g/mol. The molecule has 1 amide bonds. The molecule has 0 bridgehead atoms. The van der Waals surface area contributed by atoms with E-state index in [0.717, 1.165) is 6.20 Å². The van der Waals surface area contributed by atoms with Crippen molar-refractivity contribution in [1.29, 1.82) is 0 Å². The largest absolute Gasteiger partial charge is 0.433 e. The Labute approximate surface area is 229 Å². The number of rotatable bonds is 10. The molecule has 0 aliphatic rings. The molecule has 212 valence electrons. The highest BCUT2D eigenvalue weighted by Gasteiger charge is 2.35. The molecule has 4 aromatic rings. The van der Waals surface area contributed by atoms with Gasteiger partial charge in [-0.1, -0.05) is 25.1 Å². The quantitative estimate of drug-likeness (QED) is 0.264. The van der Waals surface area contributed by atoms with Crippen LogP contribution in [0.5, 0.6) is 0 Å². The Kier molecular flexibility index (Phi) is 8.62. The molecule has 2 aromatic carbocycles. The summed E-state index contributed by atoms with van der Waals surface area (Å²) in [6.07, 6.45) is -3.62. The number of aliphatic hydroxyl groups is 2. The van der Waals surface area contributed by atoms with Crippen LogP contribution < -0.4 is 5.32 Å². The van der Waals surface area contributed by atoms with E-state index >= 15 is 0 Å². The number of carbonyl (C=O) groups is 1. The van der Waals surface area contributed by atoms with E-state index in [0.29, 0.717) is 22.2 Å². The molecule has 3 N–H and O–H groups in total. The zero-order valence-corrected chi connectivity index (χ0v) is 22.3. The summed E-state index contributed by atoms with van der Waals surface area (Å²) in [5.41, 5.74) is 0.909. The van der Waals surface area contributed by atoms with Gasteiger partial charge in [0, 0.05) is 41.3 Å². The molecule has 2 aromatic heterocycles. The molecule has 40 heavy (non-hydrogen) atoms. The van der Waals surface area contributed by atoms with E-state index < -0.39 is 40.3 Å². The van der Waals surface area contributed by atoms with E-state index in [9.17, 15) is 36.6 Å². The summed E-state index contributed by atoms with van der Waals surface area (Å²) >= 11 is 0. The van der Waals surface area contributed by atoms with Crippen LogP contribution in [0.2, 0.25) is 0 Å². The highest BCUT2D eigenvalue weighted by atomic mass is 32.2. The Hall–Kier alpha value is -3.74. The van der Waals surface area contributed by atoms with Gasteiger partial charge in [-0.05, 0) is 53.6 Å². The van der Waals surface area contributed by atoms with Gasteiger partial charge in [-0.25, -0.2) is 8.42 Å².